The Morgan fingerprint density at radius 3 is 2.75 bits per heavy atom. The summed E-state index contributed by atoms with van der Waals surface area (Å²) in [7, 11) is 0. The molecule has 0 radical (unpaired) electrons. The summed E-state index contributed by atoms with van der Waals surface area (Å²) in [6.07, 6.45) is 5.14. The van der Waals surface area contributed by atoms with E-state index >= 15 is 0 Å². The Balaban J connectivity index is 1.51. The first-order chi connectivity index (χ1) is 9.70. The maximum Gasteiger partial charge on any atom is 0.159 e. The van der Waals surface area contributed by atoms with E-state index < -0.39 is 11.6 Å². The molecule has 2 fully saturated rings. The summed E-state index contributed by atoms with van der Waals surface area (Å²) in [5.41, 5.74) is 0.853. The predicted octanol–water partition coefficient (Wildman–Crippen LogP) is 2.93. The fourth-order valence-electron chi connectivity index (χ4n) is 2.92. The van der Waals surface area contributed by atoms with Crippen LogP contribution in [0.3, 0.4) is 0 Å². The van der Waals surface area contributed by atoms with Gasteiger partial charge >= 0.3 is 0 Å². The van der Waals surface area contributed by atoms with E-state index in [1.165, 1.54) is 37.8 Å². The van der Waals surface area contributed by atoms with Crippen LogP contribution in [0, 0.1) is 17.6 Å². The Bertz CT molecular complexity index is 460. The van der Waals surface area contributed by atoms with Gasteiger partial charge in [-0.3, -0.25) is 4.90 Å². The molecule has 0 amide bonds. The van der Waals surface area contributed by atoms with Crippen molar-refractivity contribution in [1.29, 1.82) is 0 Å². The van der Waals surface area contributed by atoms with Crippen LogP contribution in [0.4, 0.5) is 8.78 Å². The largest absolute Gasteiger partial charge is 0.312 e. The minimum atomic E-state index is -0.767. The maximum absolute atomic E-state index is 13.2. The third-order valence-electron chi connectivity index (χ3n) is 4.29. The van der Waals surface area contributed by atoms with E-state index in [9.17, 15) is 8.78 Å². The molecule has 0 aromatic heterocycles. The van der Waals surface area contributed by atoms with Crippen LogP contribution in [0.25, 0.3) is 0 Å². The van der Waals surface area contributed by atoms with Crippen molar-refractivity contribution >= 4 is 0 Å². The number of halogens is 2. The molecule has 1 atom stereocenters. The third kappa shape index (κ3) is 3.76. The van der Waals surface area contributed by atoms with Gasteiger partial charge in [0.05, 0.1) is 0 Å². The van der Waals surface area contributed by atoms with Crippen molar-refractivity contribution < 1.29 is 8.78 Å². The molecule has 20 heavy (non-hydrogen) atoms. The number of nitrogens with one attached hydrogen (secondary N) is 1. The lowest BCUT2D eigenvalue weighted by Crippen LogP contribution is -2.45. The smallest absolute Gasteiger partial charge is 0.159 e. The number of likely N-dealkylation sites (tertiary alicyclic amines) is 1. The molecular formula is C16H22F2N2. The van der Waals surface area contributed by atoms with Crippen molar-refractivity contribution in [2.75, 3.05) is 19.6 Å². The summed E-state index contributed by atoms with van der Waals surface area (Å²) in [5.74, 6) is -0.615. The average molecular weight is 280 g/mol. The highest BCUT2D eigenvalue weighted by Crippen LogP contribution is 2.28. The van der Waals surface area contributed by atoms with Crippen LogP contribution < -0.4 is 5.32 Å². The Morgan fingerprint density at radius 2 is 2.00 bits per heavy atom. The van der Waals surface area contributed by atoms with Crippen molar-refractivity contribution in [1.82, 2.24) is 10.2 Å². The Morgan fingerprint density at radius 1 is 1.15 bits per heavy atom. The molecule has 1 heterocycles. The summed E-state index contributed by atoms with van der Waals surface area (Å²) in [5, 5.41) is 3.64. The monoisotopic (exact) mass is 280 g/mol. The zero-order chi connectivity index (χ0) is 13.9. The molecule has 1 aliphatic heterocycles. The minimum Gasteiger partial charge on any atom is -0.312 e. The van der Waals surface area contributed by atoms with Crippen LogP contribution in [0.15, 0.2) is 18.2 Å². The van der Waals surface area contributed by atoms with Gasteiger partial charge in [0.15, 0.2) is 11.6 Å². The molecule has 2 aliphatic rings. The molecule has 1 aliphatic carbocycles. The van der Waals surface area contributed by atoms with Gasteiger partial charge in [0, 0.05) is 19.1 Å². The van der Waals surface area contributed by atoms with Crippen LogP contribution in [-0.2, 0) is 6.54 Å². The highest BCUT2D eigenvalue weighted by Gasteiger charge is 2.24. The van der Waals surface area contributed by atoms with Crippen molar-refractivity contribution in [3.05, 3.63) is 35.4 Å². The van der Waals surface area contributed by atoms with Gasteiger partial charge in [-0.05, 0) is 62.4 Å². The van der Waals surface area contributed by atoms with Gasteiger partial charge in [-0.2, -0.15) is 0 Å². The minimum absolute atomic E-state index is 0.551. The summed E-state index contributed by atoms with van der Waals surface area (Å²) < 4.78 is 26.1. The number of piperidine rings is 1. The van der Waals surface area contributed by atoms with Crippen molar-refractivity contribution in [2.45, 2.75) is 38.3 Å². The number of benzene rings is 1. The van der Waals surface area contributed by atoms with Crippen molar-refractivity contribution in [2.24, 2.45) is 5.92 Å². The third-order valence-corrected chi connectivity index (χ3v) is 4.29. The Labute approximate surface area is 119 Å². The van der Waals surface area contributed by atoms with Gasteiger partial charge in [-0.25, -0.2) is 8.78 Å². The van der Waals surface area contributed by atoms with Gasteiger partial charge in [0.2, 0.25) is 0 Å². The van der Waals surface area contributed by atoms with E-state index in [1.807, 2.05) is 0 Å². The van der Waals surface area contributed by atoms with Crippen molar-refractivity contribution in [3.63, 3.8) is 0 Å². The predicted molar refractivity (Wildman–Crippen MR) is 75.4 cm³/mol. The molecule has 1 aromatic rings. The lowest BCUT2D eigenvalue weighted by molar-refractivity contribution is 0.182. The van der Waals surface area contributed by atoms with E-state index in [0.717, 1.165) is 31.1 Å². The van der Waals surface area contributed by atoms with Gasteiger partial charge in [-0.1, -0.05) is 6.07 Å². The second-order valence-electron chi connectivity index (χ2n) is 6.17. The van der Waals surface area contributed by atoms with E-state index in [2.05, 4.69) is 10.2 Å². The molecule has 0 spiro atoms. The fourth-order valence-corrected chi connectivity index (χ4v) is 2.92. The van der Waals surface area contributed by atoms with Gasteiger partial charge in [0.25, 0.3) is 0 Å². The molecular weight excluding hydrogens is 258 g/mol. The van der Waals surface area contributed by atoms with Gasteiger partial charge < -0.3 is 5.32 Å². The Hall–Kier alpha value is -1.00. The second kappa shape index (κ2) is 6.19. The van der Waals surface area contributed by atoms with Gasteiger partial charge in [-0.15, -0.1) is 0 Å². The first-order valence-electron chi connectivity index (χ1n) is 7.60. The zero-order valence-corrected chi connectivity index (χ0v) is 11.7. The average Bonchev–Trinajstić information content (AvgIpc) is 3.25. The highest BCUT2D eigenvalue weighted by atomic mass is 19.2. The molecule has 4 heteroatoms. The first kappa shape index (κ1) is 14.0. The zero-order valence-electron chi connectivity index (χ0n) is 11.7. The maximum atomic E-state index is 13.2. The van der Waals surface area contributed by atoms with E-state index in [0.29, 0.717) is 12.6 Å². The standard InChI is InChI=1S/C16H22F2N2/c17-15-6-5-13(8-16(15)18)10-20-7-1-2-14(11-20)19-9-12-3-4-12/h5-6,8,12,14,19H,1-4,7,9-11H2. The molecule has 2 nitrogen and oxygen atoms in total. The van der Waals surface area contributed by atoms with Gasteiger partial charge in [0.1, 0.15) is 0 Å². The number of nitrogens with zero attached hydrogens (tertiary/aromatic N) is 1. The first-order valence-corrected chi connectivity index (χ1v) is 7.60. The van der Waals surface area contributed by atoms with E-state index in [-0.39, 0.29) is 0 Å². The van der Waals surface area contributed by atoms with Crippen LogP contribution in [0.1, 0.15) is 31.2 Å². The summed E-state index contributed by atoms with van der Waals surface area (Å²) in [6.45, 7) is 3.90. The fraction of sp³-hybridized carbons (Fsp3) is 0.625. The van der Waals surface area contributed by atoms with E-state index in [4.69, 9.17) is 0 Å². The van der Waals surface area contributed by atoms with Crippen LogP contribution in [0.5, 0.6) is 0 Å². The summed E-state index contributed by atoms with van der Waals surface area (Å²) in [6, 6.07) is 4.77. The van der Waals surface area contributed by atoms with Crippen LogP contribution in [-0.4, -0.2) is 30.6 Å². The normalized spacial score (nSPS) is 24.0. The molecule has 0 bridgehead atoms. The lowest BCUT2D eigenvalue weighted by Gasteiger charge is -2.33. The lowest BCUT2D eigenvalue weighted by atomic mass is 10.0. The second-order valence-corrected chi connectivity index (χ2v) is 6.17. The molecule has 1 unspecified atom stereocenters. The molecule has 1 saturated heterocycles. The van der Waals surface area contributed by atoms with Crippen LogP contribution >= 0.6 is 0 Å². The molecule has 3 rings (SSSR count). The van der Waals surface area contributed by atoms with Crippen molar-refractivity contribution in [3.8, 4) is 0 Å². The number of hydrogen-bond donors (Lipinski definition) is 1. The summed E-state index contributed by atoms with van der Waals surface area (Å²) >= 11 is 0. The quantitative estimate of drug-likeness (QED) is 0.892. The topological polar surface area (TPSA) is 15.3 Å². The molecule has 1 N–H and O–H groups in total. The molecule has 1 aromatic carbocycles. The summed E-state index contributed by atoms with van der Waals surface area (Å²) in [4.78, 5) is 2.33. The Kier molecular flexibility index (Phi) is 4.32. The van der Waals surface area contributed by atoms with Crippen LogP contribution in [0.2, 0.25) is 0 Å². The molecule has 110 valence electrons. The van der Waals surface area contributed by atoms with E-state index in [1.54, 1.807) is 6.07 Å². The highest BCUT2D eigenvalue weighted by molar-refractivity contribution is 5.17. The SMILES string of the molecule is Fc1ccc(CN2CCCC(NCC3CC3)C2)cc1F. The molecule has 1 saturated carbocycles. The number of hydrogen-bond acceptors (Lipinski definition) is 2. The number of rotatable bonds is 5.